The first-order valence-electron chi connectivity index (χ1n) is 7.37. The van der Waals surface area contributed by atoms with Crippen molar-refractivity contribution in [3.05, 3.63) is 35.6 Å². The van der Waals surface area contributed by atoms with Crippen LogP contribution in [0.25, 0.3) is 0 Å². The summed E-state index contributed by atoms with van der Waals surface area (Å²) < 4.78 is 13.4. The lowest BCUT2D eigenvalue weighted by Crippen LogP contribution is -2.42. The SMILES string of the molecule is CC1CCCN(CC(=O)NCCc2ccccc2F)C1. The fourth-order valence-electron chi connectivity index (χ4n) is 2.73. The van der Waals surface area contributed by atoms with Crippen molar-refractivity contribution >= 4 is 5.91 Å². The number of nitrogens with one attached hydrogen (secondary N) is 1. The predicted molar refractivity (Wildman–Crippen MR) is 78.0 cm³/mol. The normalized spacial score (nSPS) is 19.8. The molecule has 1 N–H and O–H groups in total. The number of likely N-dealkylation sites (tertiary alicyclic amines) is 1. The van der Waals surface area contributed by atoms with Gasteiger partial charge in [0.15, 0.2) is 0 Å². The average Bonchev–Trinajstić information content (AvgIpc) is 2.41. The van der Waals surface area contributed by atoms with Crippen LogP contribution in [-0.4, -0.2) is 37.0 Å². The van der Waals surface area contributed by atoms with Gasteiger partial charge >= 0.3 is 0 Å². The van der Waals surface area contributed by atoms with E-state index >= 15 is 0 Å². The summed E-state index contributed by atoms with van der Waals surface area (Å²) in [6.45, 7) is 5.18. The van der Waals surface area contributed by atoms with Crippen molar-refractivity contribution in [2.45, 2.75) is 26.2 Å². The second-order valence-electron chi connectivity index (χ2n) is 5.67. The van der Waals surface area contributed by atoms with E-state index in [9.17, 15) is 9.18 Å². The summed E-state index contributed by atoms with van der Waals surface area (Å²) in [5, 5.41) is 2.87. The Labute approximate surface area is 120 Å². The van der Waals surface area contributed by atoms with E-state index in [1.54, 1.807) is 12.1 Å². The van der Waals surface area contributed by atoms with Gasteiger partial charge in [-0.15, -0.1) is 0 Å². The Morgan fingerprint density at radius 1 is 1.45 bits per heavy atom. The van der Waals surface area contributed by atoms with Crippen molar-refractivity contribution in [1.29, 1.82) is 0 Å². The molecule has 0 bridgehead atoms. The Bertz CT molecular complexity index is 450. The molecule has 110 valence electrons. The lowest BCUT2D eigenvalue weighted by Gasteiger charge is -2.30. The Balaban J connectivity index is 1.69. The fourth-order valence-corrected chi connectivity index (χ4v) is 2.73. The van der Waals surface area contributed by atoms with Gasteiger partial charge < -0.3 is 5.32 Å². The van der Waals surface area contributed by atoms with Crippen molar-refractivity contribution < 1.29 is 9.18 Å². The molecule has 1 heterocycles. The molecule has 1 fully saturated rings. The molecule has 1 aromatic rings. The molecule has 1 aliphatic rings. The highest BCUT2D eigenvalue weighted by Gasteiger charge is 2.18. The number of benzene rings is 1. The first-order chi connectivity index (χ1) is 9.65. The Morgan fingerprint density at radius 3 is 3.00 bits per heavy atom. The van der Waals surface area contributed by atoms with Gasteiger partial charge in [-0.05, 0) is 43.4 Å². The lowest BCUT2D eigenvalue weighted by atomic mass is 10.0. The third-order valence-corrected chi connectivity index (χ3v) is 3.78. The van der Waals surface area contributed by atoms with Gasteiger partial charge in [0, 0.05) is 13.1 Å². The maximum Gasteiger partial charge on any atom is 0.234 e. The van der Waals surface area contributed by atoms with Crippen LogP contribution in [0, 0.1) is 11.7 Å². The van der Waals surface area contributed by atoms with Crippen LogP contribution in [0.1, 0.15) is 25.3 Å². The minimum atomic E-state index is -0.202. The maximum atomic E-state index is 13.4. The van der Waals surface area contributed by atoms with Crippen LogP contribution in [0.4, 0.5) is 4.39 Å². The minimum absolute atomic E-state index is 0.0374. The smallest absolute Gasteiger partial charge is 0.234 e. The van der Waals surface area contributed by atoms with E-state index in [4.69, 9.17) is 0 Å². The highest BCUT2D eigenvalue weighted by Crippen LogP contribution is 2.14. The zero-order valence-electron chi connectivity index (χ0n) is 12.1. The van der Waals surface area contributed by atoms with Crippen molar-refractivity contribution in [2.24, 2.45) is 5.92 Å². The molecule has 0 saturated carbocycles. The summed E-state index contributed by atoms with van der Waals surface area (Å²) >= 11 is 0. The molecule has 4 heteroatoms. The monoisotopic (exact) mass is 278 g/mol. The van der Waals surface area contributed by atoms with Gasteiger partial charge in [0.25, 0.3) is 0 Å². The van der Waals surface area contributed by atoms with Gasteiger partial charge in [-0.3, -0.25) is 9.69 Å². The Hall–Kier alpha value is -1.42. The van der Waals surface area contributed by atoms with Gasteiger partial charge in [0.05, 0.1) is 6.54 Å². The van der Waals surface area contributed by atoms with Gasteiger partial charge in [-0.25, -0.2) is 4.39 Å². The van der Waals surface area contributed by atoms with Crippen LogP contribution in [0.5, 0.6) is 0 Å². The molecule has 0 aliphatic carbocycles. The van der Waals surface area contributed by atoms with Crippen molar-refractivity contribution in [3.63, 3.8) is 0 Å². The topological polar surface area (TPSA) is 32.3 Å². The fraction of sp³-hybridized carbons (Fsp3) is 0.562. The molecular formula is C16H23FN2O. The number of nitrogens with zero attached hydrogens (tertiary/aromatic N) is 1. The van der Waals surface area contributed by atoms with Gasteiger partial charge in [-0.2, -0.15) is 0 Å². The largest absolute Gasteiger partial charge is 0.355 e. The van der Waals surface area contributed by atoms with Crippen LogP contribution in [-0.2, 0) is 11.2 Å². The van der Waals surface area contributed by atoms with Crippen LogP contribution in [0.2, 0.25) is 0 Å². The second-order valence-corrected chi connectivity index (χ2v) is 5.67. The van der Waals surface area contributed by atoms with E-state index in [-0.39, 0.29) is 11.7 Å². The number of piperidine rings is 1. The van der Waals surface area contributed by atoms with Crippen LogP contribution < -0.4 is 5.32 Å². The molecule has 1 amide bonds. The third-order valence-electron chi connectivity index (χ3n) is 3.78. The lowest BCUT2D eigenvalue weighted by molar-refractivity contribution is -0.122. The number of carbonyl (C=O) groups is 1. The highest BCUT2D eigenvalue weighted by atomic mass is 19.1. The summed E-state index contributed by atoms with van der Waals surface area (Å²) in [7, 11) is 0. The number of hydrogen-bond acceptors (Lipinski definition) is 2. The summed E-state index contributed by atoms with van der Waals surface area (Å²) in [6, 6.07) is 6.70. The number of amides is 1. The van der Waals surface area contributed by atoms with Crippen molar-refractivity contribution in [2.75, 3.05) is 26.2 Å². The maximum absolute atomic E-state index is 13.4. The molecule has 1 aliphatic heterocycles. The van der Waals surface area contributed by atoms with Crippen LogP contribution in [0.3, 0.4) is 0 Å². The van der Waals surface area contributed by atoms with E-state index in [1.165, 1.54) is 18.9 Å². The molecule has 2 rings (SSSR count). The average molecular weight is 278 g/mol. The standard InChI is InChI=1S/C16H23FN2O/c1-13-5-4-10-19(11-13)12-16(20)18-9-8-14-6-2-3-7-15(14)17/h2-3,6-7,13H,4-5,8-12H2,1H3,(H,18,20). The molecule has 1 saturated heterocycles. The predicted octanol–water partition coefficient (Wildman–Crippen LogP) is 2.22. The van der Waals surface area contributed by atoms with E-state index in [2.05, 4.69) is 17.1 Å². The Morgan fingerprint density at radius 2 is 2.25 bits per heavy atom. The molecule has 3 nitrogen and oxygen atoms in total. The van der Waals surface area contributed by atoms with E-state index in [0.717, 1.165) is 13.1 Å². The second kappa shape index (κ2) is 7.39. The molecular weight excluding hydrogens is 255 g/mol. The van der Waals surface area contributed by atoms with Gasteiger partial charge in [0.1, 0.15) is 5.82 Å². The molecule has 1 unspecified atom stereocenters. The number of hydrogen-bond donors (Lipinski definition) is 1. The third kappa shape index (κ3) is 4.60. The van der Waals surface area contributed by atoms with E-state index < -0.39 is 0 Å². The number of carbonyl (C=O) groups excluding carboxylic acids is 1. The quantitative estimate of drug-likeness (QED) is 0.895. The summed E-state index contributed by atoms with van der Waals surface area (Å²) in [6.07, 6.45) is 2.96. The molecule has 0 aromatic heterocycles. The van der Waals surface area contributed by atoms with Crippen LogP contribution in [0.15, 0.2) is 24.3 Å². The number of rotatable bonds is 5. The Kier molecular flexibility index (Phi) is 5.53. The first-order valence-corrected chi connectivity index (χ1v) is 7.37. The molecule has 0 radical (unpaired) electrons. The zero-order chi connectivity index (χ0) is 14.4. The molecule has 20 heavy (non-hydrogen) atoms. The van der Waals surface area contributed by atoms with Crippen molar-refractivity contribution in [1.82, 2.24) is 10.2 Å². The first kappa shape index (κ1) is 15.0. The summed E-state index contributed by atoms with van der Waals surface area (Å²) in [5.41, 5.74) is 0.652. The van der Waals surface area contributed by atoms with Gasteiger partial charge in [0.2, 0.25) is 5.91 Å². The minimum Gasteiger partial charge on any atom is -0.355 e. The molecule has 1 atom stereocenters. The van der Waals surface area contributed by atoms with Crippen molar-refractivity contribution in [3.8, 4) is 0 Å². The zero-order valence-corrected chi connectivity index (χ0v) is 12.1. The molecule has 1 aromatic carbocycles. The van der Waals surface area contributed by atoms with E-state index in [1.807, 2.05) is 6.07 Å². The summed E-state index contributed by atoms with van der Waals surface area (Å²) in [4.78, 5) is 14.0. The molecule has 0 spiro atoms. The highest BCUT2D eigenvalue weighted by molar-refractivity contribution is 5.78. The van der Waals surface area contributed by atoms with Gasteiger partial charge in [-0.1, -0.05) is 25.1 Å². The number of halogens is 1. The summed E-state index contributed by atoms with van der Waals surface area (Å²) in [5.74, 6) is 0.511. The van der Waals surface area contributed by atoms with E-state index in [0.29, 0.717) is 31.0 Å². The van der Waals surface area contributed by atoms with Crippen LogP contribution >= 0.6 is 0 Å².